The number of aromatic nitrogens is 1. The number of hydrogen-bond acceptors (Lipinski definition) is 3. The molecule has 0 spiro atoms. The molecule has 0 fully saturated rings. The van der Waals surface area contributed by atoms with Gasteiger partial charge in [0.25, 0.3) is 0 Å². The van der Waals surface area contributed by atoms with Crippen LogP contribution in [0.3, 0.4) is 0 Å². The molecule has 0 aromatic carbocycles. The van der Waals surface area contributed by atoms with Crippen molar-refractivity contribution in [2.75, 3.05) is 0 Å². The second-order valence-electron chi connectivity index (χ2n) is 2.64. The van der Waals surface area contributed by atoms with Crippen LogP contribution in [0.15, 0.2) is 6.07 Å². The fourth-order valence-corrected chi connectivity index (χ4v) is 1.27. The largest absolute Gasteiger partial charge is 0.392 e. The topological polar surface area (TPSA) is 65.6 Å². The third-order valence-electron chi connectivity index (χ3n) is 2.03. The van der Waals surface area contributed by atoms with Gasteiger partial charge in [0, 0.05) is 24.0 Å². The summed E-state index contributed by atoms with van der Waals surface area (Å²) in [5, 5.41) is 26.7. The standard InChI is InChI=1S/C8H13NO3/c1-9-7(4-11)2-6(3-10)8(9)5-12/h2,10-12H,3-5H2,1H3. The maximum absolute atomic E-state index is 8.93. The van der Waals surface area contributed by atoms with E-state index in [9.17, 15) is 0 Å². The summed E-state index contributed by atoms with van der Waals surface area (Å²) in [4.78, 5) is 0. The Hall–Kier alpha value is -0.840. The SMILES string of the molecule is Cn1c(CO)cc(CO)c1CO. The molecule has 1 aromatic rings. The van der Waals surface area contributed by atoms with Crippen LogP contribution in [0.1, 0.15) is 17.0 Å². The van der Waals surface area contributed by atoms with Crippen LogP contribution in [-0.2, 0) is 26.9 Å². The van der Waals surface area contributed by atoms with Gasteiger partial charge in [-0.15, -0.1) is 0 Å². The summed E-state index contributed by atoms with van der Waals surface area (Å²) in [7, 11) is 1.75. The van der Waals surface area contributed by atoms with E-state index >= 15 is 0 Å². The first-order valence-electron chi connectivity index (χ1n) is 3.73. The van der Waals surface area contributed by atoms with Crippen molar-refractivity contribution in [2.24, 2.45) is 7.05 Å². The maximum atomic E-state index is 8.93. The van der Waals surface area contributed by atoms with Crippen LogP contribution < -0.4 is 0 Å². The Bertz CT molecular complexity index is 268. The molecule has 4 nitrogen and oxygen atoms in total. The average molecular weight is 171 g/mol. The molecular weight excluding hydrogens is 158 g/mol. The summed E-state index contributed by atoms with van der Waals surface area (Å²) in [5.41, 5.74) is 2.02. The van der Waals surface area contributed by atoms with Crippen molar-refractivity contribution in [1.82, 2.24) is 4.57 Å². The van der Waals surface area contributed by atoms with Crippen molar-refractivity contribution < 1.29 is 15.3 Å². The Kier molecular flexibility index (Phi) is 2.86. The lowest BCUT2D eigenvalue weighted by Crippen LogP contribution is -2.02. The Morgan fingerprint density at radius 2 is 1.83 bits per heavy atom. The van der Waals surface area contributed by atoms with Gasteiger partial charge in [-0.2, -0.15) is 0 Å². The molecule has 1 aromatic heterocycles. The molecule has 0 unspecified atom stereocenters. The van der Waals surface area contributed by atoms with Gasteiger partial charge in [-0.3, -0.25) is 0 Å². The zero-order valence-corrected chi connectivity index (χ0v) is 6.99. The summed E-state index contributed by atoms with van der Waals surface area (Å²) in [6.45, 7) is -0.306. The van der Waals surface area contributed by atoms with E-state index in [0.717, 1.165) is 0 Å². The molecule has 0 aliphatic heterocycles. The summed E-state index contributed by atoms with van der Waals surface area (Å²) >= 11 is 0. The van der Waals surface area contributed by atoms with Crippen LogP contribution in [0.25, 0.3) is 0 Å². The Morgan fingerprint density at radius 1 is 1.17 bits per heavy atom. The van der Waals surface area contributed by atoms with Gasteiger partial charge in [0.15, 0.2) is 0 Å². The highest BCUT2D eigenvalue weighted by Crippen LogP contribution is 2.14. The van der Waals surface area contributed by atoms with Gasteiger partial charge in [0.2, 0.25) is 0 Å². The first-order valence-corrected chi connectivity index (χ1v) is 3.73. The van der Waals surface area contributed by atoms with Crippen molar-refractivity contribution in [2.45, 2.75) is 19.8 Å². The van der Waals surface area contributed by atoms with Crippen molar-refractivity contribution in [1.29, 1.82) is 0 Å². The Balaban J connectivity index is 3.13. The van der Waals surface area contributed by atoms with E-state index in [-0.39, 0.29) is 19.8 Å². The lowest BCUT2D eigenvalue weighted by Gasteiger charge is -2.03. The molecule has 0 saturated carbocycles. The van der Waals surface area contributed by atoms with Crippen molar-refractivity contribution in [3.05, 3.63) is 23.0 Å². The normalized spacial score (nSPS) is 10.7. The molecule has 0 atom stereocenters. The molecule has 1 heterocycles. The predicted molar refractivity (Wildman–Crippen MR) is 43.2 cm³/mol. The van der Waals surface area contributed by atoms with Crippen molar-refractivity contribution in [3.63, 3.8) is 0 Å². The number of aliphatic hydroxyl groups is 3. The monoisotopic (exact) mass is 171 g/mol. The van der Waals surface area contributed by atoms with Gasteiger partial charge in [0.1, 0.15) is 0 Å². The molecular formula is C8H13NO3. The first-order chi connectivity index (χ1) is 5.74. The van der Waals surface area contributed by atoms with Crippen LogP contribution in [0.2, 0.25) is 0 Å². The van der Waals surface area contributed by atoms with E-state index in [0.29, 0.717) is 17.0 Å². The fourth-order valence-electron chi connectivity index (χ4n) is 1.27. The number of nitrogens with zero attached hydrogens (tertiary/aromatic N) is 1. The average Bonchev–Trinajstić information content (AvgIpc) is 2.41. The van der Waals surface area contributed by atoms with Crippen LogP contribution in [0.5, 0.6) is 0 Å². The first kappa shape index (κ1) is 9.25. The molecule has 0 bridgehead atoms. The summed E-state index contributed by atoms with van der Waals surface area (Å²) in [5.74, 6) is 0. The molecule has 12 heavy (non-hydrogen) atoms. The molecule has 3 N–H and O–H groups in total. The smallest absolute Gasteiger partial charge is 0.0836 e. The quantitative estimate of drug-likeness (QED) is 0.574. The zero-order chi connectivity index (χ0) is 9.14. The zero-order valence-electron chi connectivity index (χ0n) is 6.99. The minimum Gasteiger partial charge on any atom is -0.392 e. The Morgan fingerprint density at radius 3 is 2.17 bits per heavy atom. The maximum Gasteiger partial charge on any atom is 0.0836 e. The second kappa shape index (κ2) is 3.71. The molecule has 0 aliphatic rings. The summed E-state index contributed by atoms with van der Waals surface area (Å²) in [6.07, 6.45) is 0. The van der Waals surface area contributed by atoms with Gasteiger partial charge >= 0.3 is 0 Å². The predicted octanol–water partition coefficient (Wildman–Crippen LogP) is -0.498. The lowest BCUT2D eigenvalue weighted by atomic mass is 10.2. The minimum atomic E-state index is -0.119. The Labute approximate surface area is 70.7 Å². The van der Waals surface area contributed by atoms with Gasteiger partial charge in [-0.1, -0.05) is 0 Å². The number of rotatable bonds is 3. The number of aliphatic hydroxyl groups excluding tert-OH is 3. The molecule has 0 radical (unpaired) electrons. The van der Waals surface area contributed by atoms with Crippen LogP contribution >= 0.6 is 0 Å². The van der Waals surface area contributed by atoms with E-state index in [1.165, 1.54) is 0 Å². The van der Waals surface area contributed by atoms with E-state index in [4.69, 9.17) is 15.3 Å². The highest BCUT2D eigenvalue weighted by molar-refractivity contribution is 5.26. The van der Waals surface area contributed by atoms with Crippen LogP contribution in [-0.4, -0.2) is 19.9 Å². The van der Waals surface area contributed by atoms with E-state index in [1.807, 2.05) is 0 Å². The minimum absolute atomic E-state index is 0.0799. The molecule has 0 aliphatic carbocycles. The van der Waals surface area contributed by atoms with Crippen molar-refractivity contribution in [3.8, 4) is 0 Å². The summed E-state index contributed by atoms with van der Waals surface area (Å²) < 4.78 is 1.69. The van der Waals surface area contributed by atoms with Gasteiger partial charge < -0.3 is 19.9 Å². The van der Waals surface area contributed by atoms with Crippen LogP contribution in [0.4, 0.5) is 0 Å². The van der Waals surface area contributed by atoms with Crippen molar-refractivity contribution >= 4 is 0 Å². The highest BCUT2D eigenvalue weighted by atomic mass is 16.3. The second-order valence-corrected chi connectivity index (χ2v) is 2.64. The van der Waals surface area contributed by atoms with E-state index in [1.54, 1.807) is 17.7 Å². The van der Waals surface area contributed by atoms with Gasteiger partial charge in [-0.05, 0) is 6.07 Å². The highest BCUT2D eigenvalue weighted by Gasteiger charge is 2.09. The summed E-state index contributed by atoms with van der Waals surface area (Å²) in [6, 6.07) is 1.69. The fraction of sp³-hybridized carbons (Fsp3) is 0.500. The molecule has 0 amide bonds. The van der Waals surface area contributed by atoms with E-state index in [2.05, 4.69) is 0 Å². The van der Waals surface area contributed by atoms with Crippen LogP contribution in [0, 0.1) is 0 Å². The molecule has 68 valence electrons. The molecule has 1 rings (SSSR count). The third kappa shape index (κ3) is 1.36. The number of hydrogen-bond donors (Lipinski definition) is 3. The lowest BCUT2D eigenvalue weighted by molar-refractivity contribution is 0.250. The molecule has 0 saturated heterocycles. The molecule has 4 heteroatoms. The van der Waals surface area contributed by atoms with E-state index < -0.39 is 0 Å². The van der Waals surface area contributed by atoms with Gasteiger partial charge in [0.05, 0.1) is 19.8 Å². The van der Waals surface area contributed by atoms with Gasteiger partial charge in [-0.25, -0.2) is 0 Å². The third-order valence-corrected chi connectivity index (χ3v) is 2.03.